The second-order valence-corrected chi connectivity index (χ2v) is 3.79. The molecule has 1 heterocycles. The Morgan fingerprint density at radius 2 is 2.17 bits per heavy atom. The van der Waals surface area contributed by atoms with Crippen molar-refractivity contribution in [3.63, 3.8) is 0 Å². The first-order valence-electron chi connectivity index (χ1n) is 5.76. The van der Waals surface area contributed by atoms with Crippen molar-refractivity contribution in [3.8, 4) is 5.75 Å². The average Bonchev–Trinajstić information content (AvgIpc) is 2.80. The van der Waals surface area contributed by atoms with Crippen molar-refractivity contribution in [1.82, 2.24) is 15.0 Å². The van der Waals surface area contributed by atoms with Crippen LogP contribution in [0.2, 0.25) is 0 Å². The molecule has 0 saturated heterocycles. The van der Waals surface area contributed by atoms with E-state index in [2.05, 4.69) is 10.3 Å². The van der Waals surface area contributed by atoms with Crippen LogP contribution in [-0.4, -0.2) is 28.1 Å². The van der Waals surface area contributed by atoms with Gasteiger partial charge >= 0.3 is 0 Å². The molecular weight excluding hydrogens is 235 g/mol. The molecule has 0 radical (unpaired) electrons. The first-order chi connectivity index (χ1) is 8.79. The summed E-state index contributed by atoms with van der Waals surface area (Å²) in [6, 6.07) is 6.31. The molecule has 0 aliphatic heterocycles. The van der Waals surface area contributed by atoms with E-state index in [1.807, 2.05) is 6.20 Å². The van der Waals surface area contributed by atoms with Crippen molar-refractivity contribution in [2.45, 2.75) is 13.0 Å². The maximum absolute atomic E-state index is 13.2. The van der Waals surface area contributed by atoms with E-state index >= 15 is 0 Å². The van der Waals surface area contributed by atoms with Crippen LogP contribution >= 0.6 is 0 Å². The number of ether oxygens (including phenoxy) is 1. The van der Waals surface area contributed by atoms with Crippen LogP contribution in [0.3, 0.4) is 0 Å². The van der Waals surface area contributed by atoms with Crippen molar-refractivity contribution < 1.29 is 9.13 Å². The summed E-state index contributed by atoms with van der Waals surface area (Å²) in [6.07, 6.45) is 2.52. The highest BCUT2D eigenvalue weighted by molar-refractivity contribution is 5.23. The fraction of sp³-hybridized carbons (Fsp3) is 0.333. The third-order valence-electron chi connectivity index (χ3n) is 2.40. The van der Waals surface area contributed by atoms with E-state index < -0.39 is 0 Å². The third kappa shape index (κ3) is 3.27. The summed E-state index contributed by atoms with van der Waals surface area (Å²) in [4.78, 5) is 0. The lowest BCUT2D eigenvalue weighted by atomic mass is 10.3. The highest BCUT2D eigenvalue weighted by atomic mass is 19.1. The average molecular weight is 250 g/mol. The van der Waals surface area contributed by atoms with Gasteiger partial charge in [-0.15, -0.1) is 5.10 Å². The Hall–Kier alpha value is -1.95. The summed E-state index contributed by atoms with van der Waals surface area (Å²) < 4.78 is 20.2. The summed E-state index contributed by atoms with van der Waals surface area (Å²) in [5.74, 6) is -0.111. The number of hydrogen-bond acceptors (Lipinski definition) is 4. The Bertz CT molecular complexity index is 500. The lowest BCUT2D eigenvalue weighted by molar-refractivity contribution is 0.277. The van der Waals surface area contributed by atoms with E-state index in [0.29, 0.717) is 26.1 Å². The van der Waals surface area contributed by atoms with Gasteiger partial charge in [-0.25, -0.2) is 9.07 Å². The van der Waals surface area contributed by atoms with Gasteiger partial charge in [-0.1, -0.05) is 17.3 Å². The summed E-state index contributed by atoms with van der Waals surface area (Å²) in [6.45, 7) is 1.41. The summed E-state index contributed by atoms with van der Waals surface area (Å²) in [5.41, 5.74) is 6.27. The molecule has 0 atom stereocenters. The highest BCUT2D eigenvalue weighted by Crippen LogP contribution is 2.15. The Balaban J connectivity index is 1.83. The summed E-state index contributed by atoms with van der Waals surface area (Å²) in [7, 11) is 0. The van der Waals surface area contributed by atoms with Gasteiger partial charge in [-0.05, 0) is 18.7 Å². The minimum Gasteiger partial charge on any atom is -0.489 e. The molecule has 0 amide bonds. The van der Waals surface area contributed by atoms with Crippen LogP contribution in [0.4, 0.5) is 4.39 Å². The predicted octanol–water partition coefficient (Wildman–Crippen LogP) is 0.997. The molecule has 0 spiro atoms. The zero-order chi connectivity index (χ0) is 12.8. The molecule has 2 aromatic rings. The van der Waals surface area contributed by atoms with E-state index in [1.54, 1.807) is 22.9 Å². The van der Waals surface area contributed by atoms with E-state index in [4.69, 9.17) is 10.5 Å². The highest BCUT2D eigenvalue weighted by Gasteiger charge is 2.02. The Labute approximate surface area is 104 Å². The van der Waals surface area contributed by atoms with Gasteiger partial charge in [0.15, 0.2) is 11.6 Å². The van der Waals surface area contributed by atoms with Crippen LogP contribution in [-0.2, 0) is 13.0 Å². The second kappa shape index (κ2) is 6.11. The fourth-order valence-electron chi connectivity index (χ4n) is 1.52. The van der Waals surface area contributed by atoms with Crippen molar-refractivity contribution in [1.29, 1.82) is 0 Å². The standard InChI is InChI=1S/C12H15FN4O/c13-11-3-1-2-4-12(11)18-8-7-17-9-10(5-6-14)15-16-17/h1-4,9H,5-8,14H2. The number of hydrogen-bond donors (Lipinski definition) is 1. The Kier molecular flexibility index (Phi) is 4.25. The topological polar surface area (TPSA) is 66.0 Å². The van der Waals surface area contributed by atoms with Crippen molar-refractivity contribution in [2.75, 3.05) is 13.2 Å². The SMILES string of the molecule is NCCc1cn(CCOc2ccccc2F)nn1. The van der Waals surface area contributed by atoms with Crippen molar-refractivity contribution >= 4 is 0 Å². The van der Waals surface area contributed by atoms with Crippen LogP contribution < -0.4 is 10.5 Å². The largest absolute Gasteiger partial charge is 0.489 e. The van der Waals surface area contributed by atoms with Gasteiger partial charge in [-0.3, -0.25) is 0 Å². The molecule has 0 aliphatic rings. The molecule has 6 heteroatoms. The summed E-state index contributed by atoms with van der Waals surface area (Å²) >= 11 is 0. The van der Waals surface area contributed by atoms with Crippen LogP contribution in [0.25, 0.3) is 0 Å². The van der Waals surface area contributed by atoms with Crippen LogP contribution in [0.1, 0.15) is 5.69 Å². The molecule has 2 N–H and O–H groups in total. The van der Waals surface area contributed by atoms with E-state index in [0.717, 1.165) is 5.69 Å². The number of para-hydroxylation sites is 1. The molecule has 96 valence electrons. The van der Waals surface area contributed by atoms with Crippen LogP contribution in [0, 0.1) is 5.82 Å². The molecule has 1 aromatic heterocycles. The van der Waals surface area contributed by atoms with Gasteiger partial charge in [0.2, 0.25) is 0 Å². The fourth-order valence-corrected chi connectivity index (χ4v) is 1.52. The zero-order valence-electron chi connectivity index (χ0n) is 9.92. The number of rotatable bonds is 6. The van der Waals surface area contributed by atoms with E-state index in [1.165, 1.54) is 6.07 Å². The number of nitrogens with zero attached hydrogens (tertiary/aromatic N) is 3. The molecule has 0 aliphatic carbocycles. The molecule has 18 heavy (non-hydrogen) atoms. The second-order valence-electron chi connectivity index (χ2n) is 3.79. The minimum atomic E-state index is -0.361. The minimum absolute atomic E-state index is 0.250. The van der Waals surface area contributed by atoms with E-state index in [-0.39, 0.29) is 11.6 Å². The van der Waals surface area contributed by atoms with Gasteiger partial charge in [-0.2, -0.15) is 0 Å². The predicted molar refractivity (Wildman–Crippen MR) is 64.7 cm³/mol. The maximum atomic E-state index is 13.2. The zero-order valence-corrected chi connectivity index (χ0v) is 9.92. The first-order valence-corrected chi connectivity index (χ1v) is 5.76. The molecule has 1 aromatic carbocycles. The monoisotopic (exact) mass is 250 g/mol. The van der Waals surface area contributed by atoms with Crippen molar-refractivity contribution in [2.24, 2.45) is 5.73 Å². The number of benzene rings is 1. The van der Waals surface area contributed by atoms with Gasteiger partial charge in [0.1, 0.15) is 6.61 Å². The smallest absolute Gasteiger partial charge is 0.165 e. The van der Waals surface area contributed by atoms with E-state index in [9.17, 15) is 4.39 Å². The molecule has 0 saturated carbocycles. The van der Waals surface area contributed by atoms with Gasteiger partial charge in [0.05, 0.1) is 12.2 Å². The van der Waals surface area contributed by atoms with Gasteiger partial charge < -0.3 is 10.5 Å². The number of nitrogens with two attached hydrogens (primary N) is 1. The Morgan fingerprint density at radius 1 is 1.33 bits per heavy atom. The molecule has 2 rings (SSSR count). The number of aromatic nitrogens is 3. The van der Waals surface area contributed by atoms with Gasteiger partial charge in [0, 0.05) is 12.6 Å². The van der Waals surface area contributed by atoms with Crippen molar-refractivity contribution in [3.05, 3.63) is 42.0 Å². The molecule has 0 bridgehead atoms. The quantitative estimate of drug-likeness (QED) is 0.830. The van der Waals surface area contributed by atoms with Gasteiger partial charge in [0.25, 0.3) is 0 Å². The molecule has 0 unspecified atom stereocenters. The normalized spacial score (nSPS) is 10.6. The Morgan fingerprint density at radius 3 is 2.94 bits per heavy atom. The lowest BCUT2D eigenvalue weighted by Gasteiger charge is -2.06. The summed E-state index contributed by atoms with van der Waals surface area (Å²) in [5, 5.41) is 7.88. The first kappa shape index (κ1) is 12.5. The van der Waals surface area contributed by atoms with Crippen LogP contribution in [0.15, 0.2) is 30.5 Å². The maximum Gasteiger partial charge on any atom is 0.165 e. The third-order valence-corrected chi connectivity index (χ3v) is 2.40. The molecule has 5 nitrogen and oxygen atoms in total. The number of halogens is 1. The molecular formula is C12H15FN4O. The van der Waals surface area contributed by atoms with Crippen LogP contribution in [0.5, 0.6) is 5.75 Å². The lowest BCUT2D eigenvalue weighted by Crippen LogP contribution is -2.09. The molecule has 0 fully saturated rings.